The summed E-state index contributed by atoms with van der Waals surface area (Å²) in [6.45, 7) is 0.352. The van der Waals surface area contributed by atoms with Crippen molar-refractivity contribution < 1.29 is 22.7 Å². The number of nitrogens with zero attached hydrogens (tertiary/aromatic N) is 5. The van der Waals surface area contributed by atoms with Crippen molar-refractivity contribution in [3.8, 4) is 17.0 Å². The van der Waals surface area contributed by atoms with Gasteiger partial charge in [-0.3, -0.25) is 4.79 Å². The van der Waals surface area contributed by atoms with Gasteiger partial charge in [-0.05, 0) is 30.5 Å². The molecule has 4 aromatic rings. The Morgan fingerprint density at radius 2 is 1.88 bits per heavy atom. The van der Waals surface area contributed by atoms with Crippen LogP contribution >= 0.6 is 0 Å². The summed E-state index contributed by atoms with van der Waals surface area (Å²) in [7, 11) is 0. The molecule has 2 aliphatic heterocycles. The smallest absolute Gasteiger partial charge is 0.434 e. The highest BCUT2D eigenvalue weighted by molar-refractivity contribution is 6.04. The van der Waals surface area contributed by atoms with Crippen LogP contribution in [0.15, 0.2) is 60.9 Å². The molecular formula is C24H18F3N5O2. The molecule has 3 aromatic heterocycles. The first-order valence-electron chi connectivity index (χ1n) is 10.8. The molecule has 6 rings (SSSR count). The lowest BCUT2D eigenvalue weighted by atomic mass is 9.93. The normalized spacial score (nSPS) is 19.6. The van der Waals surface area contributed by atoms with Gasteiger partial charge in [-0.25, -0.2) is 14.5 Å². The summed E-state index contributed by atoms with van der Waals surface area (Å²) in [6.07, 6.45) is -1.21. The van der Waals surface area contributed by atoms with E-state index in [1.165, 1.54) is 0 Å². The van der Waals surface area contributed by atoms with Crippen LogP contribution in [0.3, 0.4) is 0 Å². The zero-order valence-electron chi connectivity index (χ0n) is 17.8. The fourth-order valence-electron chi connectivity index (χ4n) is 4.92. The summed E-state index contributed by atoms with van der Waals surface area (Å²) in [4.78, 5) is 23.3. The van der Waals surface area contributed by atoms with Gasteiger partial charge < -0.3 is 9.64 Å². The second kappa shape index (κ2) is 7.28. The van der Waals surface area contributed by atoms with E-state index in [0.29, 0.717) is 31.1 Å². The molecule has 0 saturated carbocycles. The third kappa shape index (κ3) is 2.98. The van der Waals surface area contributed by atoms with E-state index < -0.39 is 17.4 Å². The Morgan fingerprint density at radius 1 is 1.09 bits per heavy atom. The maximum Gasteiger partial charge on any atom is 0.434 e. The number of benzene rings is 1. The Balaban J connectivity index is 1.49. The quantitative estimate of drug-likeness (QED) is 0.441. The molecule has 172 valence electrons. The van der Waals surface area contributed by atoms with Gasteiger partial charge in [0.25, 0.3) is 5.91 Å². The molecule has 1 spiro atoms. The number of hydrogen-bond acceptors (Lipinski definition) is 5. The Morgan fingerprint density at radius 3 is 2.68 bits per heavy atom. The Hall–Kier alpha value is -3.95. The Bertz CT molecular complexity index is 1420. The molecule has 7 nitrogen and oxygen atoms in total. The number of amides is 1. The van der Waals surface area contributed by atoms with E-state index in [1.54, 1.807) is 15.6 Å². The fourth-order valence-corrected chi connectivity index (χ4v) is 4.92. The number of aromatic nitrogens is 4. The van der Waals surface area contributed by atoms with Gasteiger partial charge in [-0.1, -0.05) is 36.4 Å². The van der Waals surface area contributed by atoms with Gasteiger partial charge in [-0.2, -0.15) is 18.3 Å². The third-order valence-corrected chi connectivity index (χ3v) is 6.46. The largest absolute Gasteiger partial charge is 0.473 e. The minimum Gasteiger partial charge on any atom is -0.473 e. The molecule has 10 heteroatoms. The SMILES string of the molecule is O=C(c1nn2ccccc2c1-c1ccccc1)N1CCC[C@@]12COc1ncc(C(F)(F)F)nc12. The molecule has 1 saturated heterocycles. The molecule has 1 aromatic carbocycles. The topological polar surface area (TPSA) is 72.6 Å². The van der Waals surface area contributed by atoms with Crippen LogP contribution in [0, 0.1) is 0 Å². The second-order valence-electron chi connectivity index (χ2n) is 8.41. The zero-order chi connectivity index (χ0) is 23.5. The van der Waals surface area contributed by atoms with Crippen LogP contribution in [0.25, 0.3) is 16.6 Å². The molecule has 0 unspecified atom stereocenters. The molecule has 34 heavy (non-hydrogen) atoms. The number of carbonyl (C=O) groups is 1. The van der Waals surface area contributed by atoms with Gasteiger partial charge in [0.2, 0.25) is 5.88 Å². The summed E-state index contributed by atoms with van der Waals surface area (Å²) < 4.78 is 47.4. The highest BCUT2D eigenvalue weighted by Crippen LogP contribution is 2.47. The highest BCUT2D eigenvalue weighted by Gasteiger charge is 2.54. The molecule has 1 atom stereocenters. The van der Waals surface area contributed by atoms with Gasteiger partial charge >= 0.3 is 6.18 Å². The first kappa shape index (κ1) is 20.6. The number of hydrogen-bond donors (Lipinski definition) is 0. The van der Waals surface area contributed by atoms with E-state index in [0.717, 1.165) is 11.1 Å². The maximum absolute atomic E-state index is 14.0. The number of carbonyl (C=O) groups excluding carboxylic acids is 1. The Kier molecular flexibility index (Phi) is 4.42. The first-order valence-corrected chi connectivity index (χ1v) is 10.8. The lowest BCUT2D eigenvalue weighted by molar-refractivity contribution is -0.141. The van der Waals surface area contributed by atoms with Crippen LogP contribution in [0.4, 0.5) is 13.2 Å². The molecule has 0 radical (unpaired) electrons. The lowest BCUT2D eigenvalue weighted by Crippen LogP contribution is -2.47. The Labute approximate surface area is 191 Å². The highest BCUT2D eigenvalue weighted by atomic mass is 19.4. The summed E-state index contributed by atoms with van der Waals surface area (Å²) in [5, 5.41) is 4.57. The molecule has 1 fully saturated rings. The van der Waals surface area contributed by atoms with E-state index >= 15 is 0 Å². The van der Waals surface area contributed by atoms with E-state index in [2.05, 4.69) is 15.1 Å². The number of alkyl halides is 3. The maximum atomic E-state index is 14.0. The monoisotopic (exact) mass is 465 g/mol. The van der Waals surface area contributed by atoms with Crippen molar-refractivity contribution in [3.63, 3.8) is 0 Å². The fraction of sp³-hybridized carbons (Fsp3) is 0.250. The third-order valence-electron chi connectivity index (χ3n) is 6.46. The van der Waals surface area contributed by atoms with E-state index in [4.69, 9.17) is 4.74 Å². The van der Waals surface area contributed by atoms with Crippen LogP contribution < -0.4 is 4.74 Å². The van der Waals surface area contributed by atoms with Gasteiger partial charge in [0.1, 0.15) is 17.8 Å². The minimum absolute atomic E-state index is 0.00340. The summed E-state index contributed by atoms with van der Waals surface area (Å²) in [6, 6.07) is 15.0. The standard InChI is InChI=1S/C24H18F3N5O2/c25-24(26,27)17-13-28-21-20(29-17)23(14-34-21)10-6-11-31(23)22(33)19-18(15-7-2-1-3-8-15)16-9-4-5-12-32(16)30-19/h1-5,7-9,12-13H,6,10-11,14H2/t23-/m0/s1. The molecule has 1 amide bonds. The summed E-state index contributed by atoms with van der Waals surface area (Å²) >= 11 is 0. The summed E-state index contributed by atoms with van der Waals surface area (Å²) in [5.41, 5.74) is 0.306. The average Bonchev–Trinajstić information content (AvgIpc) is 3.54. The van der Waals surface area contributed by atoms with Crippen molar-refractivity contribution in [2.24, 2.45) is 0 Å². The number of rotatable bonds is 2. The van der Waals surface area contributed by atoms with Crippen molar-refractivity contribution in [3.05, 3.63) is 78.0 Å². The van der Waals surface area contributed by atoms with Crippen molar-refractivity contribution in [2.75, 3.05) is 13.2 Å². The van der Waals surface area contributed by atoms with Crippen LogP contribution in [-0.2, 0) is 11.7 Å². The predicted octanol–water partition coefficient (Wildman–Crippen LogP) is 4.33. The molecule has 0 aliphatic carbocycles. The zero-order valence-corrected chi connectivity index (χ0v) is 17.8. The molecule has 0 bridgehead atoms. The van der Waals surface area contributed by atoms with Crippen LogP contribution in [-0.4, -0.2) is 43.5 Å². The lowest BCUT2D eigenvalue weighted by Gasteiger charge is -2.32. The van der Waals surface area contributed by atoms with Crippen LogP contribution in [0.1, 0.15) is 34.7 Å². The first-order chi connectivity index (χ1) is 16.4. The number of fused-ring (bicyclic) bond motifs is 3. The number of ether oxygens (including phenoxy) is 1. The molecular weight excluding hydrogens is 447 g/mol. The van der Waals surface area contributed by atoms with Crippen molar-refractivity contribution in [1.82, 2.24) is 24.5 Å². The van der Waals surface area contributed by atoms with Crippen molar-refractivity contribution in [2.45, 2.75) is 24.6 Å². The molecule has 2 aliphatic rings. The van der Waals surface area contributed by atoms with Gasteiger partial charge in [-0.15, -0.1) is 0 Å². The average molecular weight is 465 g/mol. The van der Waals surface area contributed by atoms with Crippen LogP contribution in [0.2, 0.25) is 0 Å². The van der Waals surface area contributed by atoms with E-state index in [9.17, 15) is 18.0 Å². The second-order valence-corrected chi connectivity index (χ2v) is 8.41. The molecule has 0 N–H and O–H groups in total. The van der Waals surface area contributed by atoms with E-state index in [-0.39, 0.29) is 29.8 Å². The van der Waals surface area contributed by atoms with Crippen LogP contribution in [0.5, 0.6) is 5.88 Å². The summed E-state index contributed by atoms with van der Waals surface area (Å²) in [5.74, 6) is -0.346. The van der Waals surface area contributed by atoms with Gasteiger partial charge in [0.15, 0.2) is 11.4 Å². The van der Waals surface area contributed by atoms with Crippen molar-refractivity contribution >= 4 is 11.4 Å². The number of halogens is 3. The van der Waals surface area contributed by atoms with Gasteiger partial charge in [0.05, 0.1) is 11.7 Å². The van der Waals surface area contributed by atoms with Gasteiger partial charge in [0, 0.05) is 18.3 Å². The number of pyridine rings is 1. The van der Waals surface area contributed by atoms with E-state index in [1.807, 2.05) is 48.5 Å². The number of likely N-dealkylation sites (tertiary alicyclic amines) is 1. The van der Waals surface area contributed by atoms with Crippen molar-refractivity contribution in [1.29, 1.82) is 0 Å². The molecule has 5 heterocycles. The predicted molar refractivity (Wildman–Crippen MR) is 115 cm³/mol. The minimum atomic E-state index is -4.65.